The number of hydrogen-bond acceptors (Lipinski definition) is 4. The Morgan fingerprint density at radius 2 is 1.68 bits per heavy atom. The molecule has 1 saturated heterocycles. The molecule has 0 aliphatic carbocycles. The molecule has 0 saturated carbocycles. The average Bonchev–Trinajstić information content (AvgIpc) is 3.16. The smallest absolute Gasteiger partial charge is 0.161 e. The van der Waals surface area contributed by atoms with Crippen molar-refractivity contribution >= 4 is 34.0 Å². The Bertz CT molecular complexity index is 1070. The maximum atomic E-state index is 14.1. The Morgan fingerprint density at radius 1 is 1.00 bits per heavy atom. The van der Waals surface area contributed by atoms with Crippen molar-refractivity contribution in [3.05, 3.63) is 47.3 Å². The predicted molar refractivity (Wildman–Crippen MR) is 110 cm³/mol. The summed E-state index contributed by atoms with van der Waals surface area (Å²) in [4.78, 5) is 2.36. The van der Waals surface area contributed by atoms with Gasteiger partial charge in [-0.3, -0.25) is 4.90 Å². The van der Waals surface area contributed by atoms with E-state index < -0.39 is 6.10 Å². The maximum Gasteiger partial charge on any atom is 0.161 e. The molecule has 0 amide bonds. The SMILES string of the molecule is COc1cc2c3c(c4ccc(F)cc4c2cc1OC)[C@H](O)[C@@H]1CCCN1C3.Cl. The van der Waals surface area contributed by atoms with Crippen molar-refractivity contribution in [1.82, 2.24) is 4.90 Å². The molecule has 2 heterocycles. The molecule has 0 aromatic heterocycles. The van der Waals surface area contributed by atoms with Crippen molar-refractivity contribution in [2.75, 3.05) is 20.8 Å². The second kappa shape index (κ2) is 7.07. The van der Waals surface area contributed by atoms with Crippen LogP contribution in [0.1, 0.15) is 30.1 Å². The molecule has 0 spiro atoms. The van der Waals surface area contributed by atoms with Crippen LogP contribution in [0.25, 0.3) is 21.5 Å². The topological polar surface area (TPSA) is 41.9 Å². The lowest BCUT2D eigenvalue weighted by Gasteiger charge is -2.37. The van der Waals surface area contributed by atoms with Gasteiger partial charge in [0, 0.05) is 12.6 Å². The van der Waals surface area contributed by atoms with Crippen LogP contribution in [0.15, 0.2) is 30.3 Å². The number of hydrogen-bond donors (Lipinski definition) is 1. The number of fused-ring (bicyclic) bond motifs is 7. The van der Waals surface area contributed by atoms with Gasteiger partial charge in [0.1, 0.15) is 5.82 Å². The Balaban J connectivity index is 0.00000192. The molecule has 28 heavy (non-hydrogen) atoms. The van der Waals surface area contributed by atoms with Crippen LogP contribution in [0.3, 0.4) is 0 Å². The third-order valence-corrected chi connectivity index (χ3v) is 6.17. The van der Waals surface area contributed by atoms with Crippen molar-refractivity contribution in [3.63, 3.8) is 0 Å². The van der Waals surface area contributed by atoms with E-state index in [4.69, 9.17) is 9.47 Å². The lowest BCUT2D eigenvalue weighted by molar-refractivity contribution is 0.0552. The standard InChI is InChI=1S/C22H22FNO3.ClH/c1-26-19-9-15-14-8-12(23)5-6-13(14)21-17(16(15)10-20(19)27-2)11-24-7-3-4-18(24)22(21)25;/h5-6,8-10,18,22,25H,3-4,7,11H2,1-2H3;1H/t18-,22+;/m0./s1. The lowest BCUT2D eigenvalue weighted by Crippen LogP contribution is -2.39. The molecule has 2 aliphatic heterocycles. The molecule has 1 fully saturated rings. The normalized spacial score (nSPS) is 21.3. The quantitative estimate of drug-likeness (QED) is 0.636. The Kier molecular flexibility index (Phi) is 4.86. The van der Waals surface area contributed by atoms with Crippen molar-refractivity contribution < 1.29 is 19.0 Å². The van der Waals surface area contributed by atoms with Crippen LogP contribution in [0.2, 0.25) is 0 Å². The molecule has 4 nitrogen and oxygen atoms in total. The second-order valence-electron chi connectivity index (χ2n) is 7.46. The third-order valence-electron chi connectivity index (χ3n) is 6.17. The van der Waals surface area contributed by atoms with Crippen LogP contribution >= 0.6 is 12.4 Å². The number of halogens is 2. The second-order valence-corrected chi connectivity index (χ2v) is 7.46. The van der Waals surface area contributed by atoms with Gasteiger partial charge in [-0.2, -0.15) is 0 Å². The average molecular weight is 404 g/mol. The molecule has 148 valence electrons. The number of nitrogens with zero attached hydrogens (tertiary/aromatic N) is 1. The van der Waals surface area contributed by atoms with Crippen molar-refractivity contribution in [2.24, 2.45) is 0 Å². The predicted octanol–water partition coefficient (Wildman–Crippen LogP) is 4.58. The van der Waals surface area contributed by atoms with Crippen LogP contribution in [0.4, 0.5) is 4.39 Å². The summed E-state index contributed by atoms with van der Waals surface area (Å²) in [7, 11) is 3.21. The fraction of sp³-hybridized carbons (Fsp3) is 0.364. The van der Waals surface area contributed by atoms with Crippen LogP contribution < -0.4 is 9.47 Å². The number of aliphatic hydroxyl groups excluding tert-OH is 1. The van der Waals surface area contributed by atoms with Gasteiger partial charge in [0.2, 0.25) is 0 Å². The van der Waals surface area contributed by atoms with Gasteiger partial charge >= 0.3 is 0 Å². The third kappa shape index (κ3) is 2.65. The Labute approximate surface area is 169 Å². The highest BCUT2D eigenvalue weighted by Gasteiger charge is 2.39. The fourth-order valence-corrected chi connectivity index (χ4v) is 4.94. The lowest BCUT2D eigenvalue weighted by atomic mass is 9.83. The highest BCUT2D eigenvalue weighted by molar-refractivity contribution is 6.12. The van der Waals surface area contributed by atoms with Gasteiger partial charge in [-0.1, -0.05) is 6.07 Å². The Hall–Kier alpha value is -2.08. The summed E-state index contributed by atoms with van der Waals surface area (Å²) in [5.74, 6) is 0.971. The van der Waals surface area contributed by atoms with E-state index in [9.17, 15) is 9.50 Å². The van der Waals surface area contributed by atoms with Gasteiger partial charge in [0.25, 0.3) is 0 Å². The molecule has 0 unspecified atom stereocenters. The van der Waals surface area contributed by atoms with Gasteiger partial charge in [0.05, 0.1) is 20.3 Å². The van der Waals surface area contributed by atoms with Gasteiger partial charge in [-0.25, -0.2) is 4.39 Å². The van der Waals surface area contributed by atoms with E-state index in [2.05, 4.69) is 4.90 Å². The zero-order chi connectivity index (χ0) is 18.7. The van der Waals surface area contributed by atoms with Crippen LogP contribution in [0, 0.1) is 5.82 Å². The van der Waals surface area contributed by atoms with E-state index >= 15 is 0 Å². The zero-order valence-corrected chi connectivity index (χ0v) is 16.7. The molecule has 3 aromatic rings. The number of rotatable bonds is 2. The van der Waals surface area contributed by atoms with Crippen LogP contribution in [0.5, 0.6) is 11.5 Å². The monoisotopic (exact) mass is 403 g/mol. The molecular formula is C22H23ClFNO3. The summed E-state index contributed by atoms with van der Waals surface area (Å²) >= 11 is 0. The number of methoxy groups -OCH3 is 2. The van der Waals surface area contributed by atoms with E-state index in [-0.39, 0.29) is 24.3 Å². The van der Waals surface area contributed by atoms with E-state index in [1.807, 2.05) is 12.1 Å². The molecular weight excluding hydrogens is 381 g/mol. The van der Waals surface area contributed by atoms with Gasteiger partial charge in [-0.05, 0) is 76.3 Å². The van der Waals surface area contributed by atoms with Crippen molar-refractivity contribution in [2.45, 2.75) is 31.5 Å². The fourth-order valence-electron chi connectivity index (χ4n) is 4.94. The maximum absolute atomic E-state index is 14.1. The zero-order valence-electron chi connectivity index (χ0n) is 15.9. The molecule has 0 radical (unpaired) electrons. The van der Waals surface area contributed by atoms with E-state index in [0.717, 1.165) is 58.6 Å². The number of ether oxygens (including phenoxy) is 2. The van der Waals surface area contributed by atoms with Gasteiger partial charge in [0.15, 0.2) is 11.5 Å². The van der Waals surface area contributed by atoms with Gasteiger partial charge in [-0.15, -0.1) is 12.4 Å². The first-order valence-corrected chi connectivity index (χ1v) is 9.34. The van der Waals surface area contributed by atoms with Crippen molar-refractivity contribution in [1.29, 1.82) is 0 Å². The summed E-state index contributed by atoms with van der Waals surface area (Å²) < 4.78 is 25.1. The van der Waals surface area contributed by atoms with E-state index in [1.54, 1.807) is 26.4 Å². The van der Waals surface area contributed by atoms with Crippen LogP contribution in [-0.4, -0.2) is 36.8 Å². The van der Waals surface area contributed by atoms with E-state index in [1.165, 1.54) is 6.07 Å². The Morgan fingerprint density at radius 3 is 2.39 bits per heavy atom. The summed E-state index contributed by atoms with van der Waals surface area (Å²) in [6.45, 7) is 1.79. The first kappa shape index (κ1) is 19.2. The molecule has 6 heteroatoms. The van der Waals surface area contributed by atoms with E-state index in [0.29, 0.717) is 11.5 Å². The number of aliphatic hydroxyl groups is 1. The summed E-state index contributed by atoms with van der Waals surface area (Å²) in [6.07, 6.45) is 1.52. The largest absolute Gasteiger partial charge is 0.493 e. The molecule has 5 rings (SSSR count). The first-order chi connectivity index (χ1) is 13.1. The van der Waals surface area contributed by atoms with Crippen LogP contribution in [-0.2, 0) is 6.54 Å². The van der Waals surface area contributed by atoms with Gasteiger partial charge < -0.3 is 14.6 Å². The summed E-state index contributed by atoms with van der Waals surface area (Å²) in [5.41, 5.74) is 2.04. The summed E-state index contributed by atoms with van der Waals surface area (Å²) in [6, 6.07) is 8.84. The molecule has 2 atom stereocenters. The minimum atomic E-state index is -0.568. The molecule has 1 N–H and O–H groups in total. The molecule has 2 aliphatic rings. The molecule has 0 bridgehead atoms. The minimum absolute atomic E-state index is 0. The molecule has 3 aromatic carbocycles. The summed E-state index contributed by atoms with van der Waals surface area (Å²) in [5, 5.41) is 14.8. The first-order valence-electron chi connectivity index (χ1n) is 9.34. The number of benzene rings is 3. The van der Waals surface area contributed by atoms with Crippen molar-refractivity contribution in [3.8, 4) is 11.5 Å². The minimum Gasteiger partial charge on any atom is -0.493 e. The highest BCUT2D eigenvalue weighted by atomic mass is 35.5. The highest BCUT2D eigenvalue weighted by Crippen LogP contribution is 2.46.